The third kappa shape index (κ3) is 4.60. The van der Waals surface area contributed by atoms with Gasteiger partial charge in [-0.2, -0.15) is 0 Å². The van der Waals surface area contributed by atoms with Crippen LogP contribution in [0.5, 0.6) is 5.75 Å². The van der Waals surface area contributed by atoms with Gasteiger partial charge >= 0.3 is 0 Å². The van der Waals surface area contributed by atoms with Crippen LogP contribution in [0, 0.1) is 0 Å². The van der Waals surface area contributed by atoms with E-state index >= 15 is 0 Å². The second kappa shape index (κ2) is 10.3. The van der Waals surface area contributed by atoms with Crippen LogP contribution >= 0.6 is 31.8 Å². The number of fused-ring (bicyclic) bond motifs is 1. The number of halogens is 2. The van der Waals surface area contributed by atoms with Crippen LogP contribution in [0.3, 0.4) is 0 Å². The Bertz CT molecular complexity index is 738. The maximum absolute atomic E-state index is 12.8. The zero-order chi connectivity index (χ0) is 19.1. The Morgan fingerprint density at radius 3 is 2.73 bits per heavy atom. The summed E-state index contributed by atoms with van der Waals surface area (Å²) in [7, 11) is 0.368. The van der Waals surface area contributed by atoms with Gasteiger partial charge in [0, 0.05) is 5.56 Å². The van der Waals surface area contributed by atoms with E-state index in [1.807, 2.05) is 26.0 Å². The van der Waals surface area contributed by atoms with Gasteiger partial charge in [0.25, 0.3) is 0 Å². The van der Waals surface area contributed by atoms with Crippen LogP contribution in [-0.4, -0.2) is 18.0 Å². The maximum atomic E-state index is 12.8. The van der Waals surface area contributed by atoms with Crippen LogP contribution in [-0.2, 0) is 0 Å². The summed E-state index contributed by atoms with van der Waals surface area (Å²) in [5.74, 6) is 0.643. The summed E-state index contributed by atoms with van der Waals surface area (Å²) in [6.45, 7) is 8.25. The van der Waals surface area contributed by atoms with Crippen molar-refractivity contribution in [2.75, 3.05) is 6.61 Å². The van der Waals surface area contributed by atoms with Crippen molar-refractivity contribution in [3.05, 3.63) is 58.1 Å². The molecule has 1 aliphatic carbocycles. The van der Waals surface area contributed by atoms with E-state index < -0.39 is 0 Å². The molecule has 5 heteroatoms. The first-order chi connectivity index (χ1) is 12.6. The predicted molar refractivity (Wildman–Crippen MR) is 115 cm³/mol. The van der Waals surface area contributed by atoms with Gasteiger partial charge in [-0.15, -0.1) is 6.58 Å². The van der Waals surface area contributed by atoms with Gasteiger partial charge in [-0.05, 0) is 42.6 Å². The van der Waals surface area contributed by atoms with Crippen LogP contribution < -0.4 is 10.0 Å². The van der Waals surface area contributed by atoms with E-state index in [4.69, 9.17) is 27.9 Å². The van der Waals surface area contributed by atoms with E-state index in [0.717, 1.165) is 36.6 Å². The highest BCUT2D eigenvalue weighted by Gasteiger charge is 2.36. The largest absolute Gasteiger partial charge is 0.492 e. The Hall–Kier alpha value is -1.08. The molecule has 0 N–H and O–H groups in total. The van der Waals surface area contributed by atoms with E-state index in [2.05, 4.69) is 24.8 Å². The van der Waals surface area contributed by atoms with Gasteiger partial charge in [-0.3, -0.25) is 4.79 Å². The normalized spacial score (nSPS) is 18.8. The number of unbranched alkanes of at least 4 members (excludes halogenated alkanes) is 1. The van der Waals surface area contributed by atoms with Crippen LogP contribution in [0.2, 0.25) is 10.0 Å². The predicted octanol–water partition coefficient (Wildman–Crippen LogP) is 6.51. The number of ketones is 1. The monoisotopic (exact) mass is 410 g/mol. The molecule has 2 atom stereocenters. The molecule has 0 amide bonds. The smallest absolute Gasteiger partial charge is 0.176 e. The van der Waals surface area contributed by atoms with Gasteiger partial charge in [-0.1, -0.05) is 69.9 Å². The molecule has 0 fully saturated rings. The molecule has 0 radical (unpaired) electrons. The molecule has 0 saturated carbocycles. The Morgan fingerprint density at radius 1 is 1.31 bits per heavy atom. The summed E-state index contributed by atoms with van der Waals surface area (Å²) >= 11 is 12.7. The number of carbonyl (C=O) groups excluding carboxylic acids is 1. The van der Waals surface area contributed by atoms with Gasteiger partial charge in [0.2, 0.25) is 0 Å². The zero-order valence-corrected chi connectivity index (χ0v) is 17.8. The molecule has 0 bridgehead atoms. The zero-order valence-electron chi connectivity index (χ0n) is 15.3. The summed E-state index contributed by atoms with van der Waals surface area (Å²) in [5, 5.41) is 1.62. The maximum Gasteiger partial charge on any atom is 0.176 e. The second-order valence-corrected chi connectivity index (χ2v) is 7.99. The molecule has 1 aliphatic heterocycles. The van der Waals surface area contributed by atoms with Crippen LogP contribution in [0.1, 0.15) is 49.9 Å². The number of Topliss-reactive ketones (excluding diaryl/α,β-unsaturated/α-hetero) is 1. The fourth-order valence-corrected chi connectivity index (χ4v) is 5.07. The quantitative estimate of drug-likeness (QED) is 0.303. The van der Waals surface area contributed by atoms with Gasteiger partial charge in [-0.25, -0.2) is 0 Å². The van der Waals surface area contributed by atoms with Crippen LogP contribution in [0.15, 0.2) is 42.5 Å². The Labute approximate surface area is 168 Å². The van der Waals surface area contributed by atoms with Gasteiger partial charge in [0.15, 0.2) is 5.78 Å². The molecule has 140 valence electrons. The van der Waals surface area contributed by atoms with E-state index in [9.17, 15) is 4.79 Å². The molecule has 0 aromatic heterocycles. The van der Waals surface area contributed by atoms with Gasteiger partial charge < -0.3 is 4.74 Å². The highest BCUT2D eigenvalue weighted by molar-refractivity contribution is 7.51. The number of rotatable bonds is 6. The molecule has 1 aromatic carbocycles. The molecule has 1 heterocycles. The minimum Gasteiger partial charge on any atom is -0.492 e. The van der Waals surface area contributed by atoms with Crippen molar-refractivity contribution in [3.63, 3.8) is 0 Å². The lowest BCUT2D eigenvalue weighted by molar-refractivity contribution is 0.100. The first-order valence-corrected chi connectivity index (χ1v) is 10.9. The van der Waals surface area contributed by atoms with Crippen molar-refractivity contribution in [2.24, 2.45) is 0 Å². The molecule has 1 aromatic rings. The standard InChI is InChI=1S/C19H19Cl2O2P.C2H6/c1-2-3-7-10-23-13-11-14-15(17(21)16(13)20)18(22)19(24-14)12-8-5-4-6-9-12;1-2/h2,5,8-9,11,19,24H,1,3-4,6-7,10H2;1-2H3/t19-;/m0./s1. The molecular weight excluding hydrogens is 386 g/mol. The third-order valence-corrected chi connectivity index (χ3v) is 6.59. The molecule has 0 spiro atoms. The average molecular weight is 411 g/mol. The second-order valence-electron chi connectivity index (χ2n) is 5.83. The molecule has 26 heavy (non-hydrogen) atoms. The minimum absolute atomic E-state index is 0.0752. The fourth-order valence-electron chi connectivity index (χ4n) is 2.92. The summed E-state index contributed by atoms with van der Waals surface area (Å²) in [6.07, 6.45) is 12.0. The summed E-state index contributed by atoms with van der Waals surface area (Å²) in [4.78, 5) is 12.8. The van der Waals surface area contributed by atoms with E-state index in [1.54, 1.807) is 0 Å². The lowest BCUT2D eigenvalue weighted by Crippen LogP contribution is -2.14. The number of hydrogen-bond acceptors (Lipinski definition) is 2. The summed E-state index contributed by atoms with van der Waals surface area (Å²) in [5.41, 5.74) is 1.55. The SMILES string of the molecule is C=CCCCOc1cc2c(c(Cl)c1Cl)C(=O)[C@H](C1=CCCC=C1)P2.CC. The number of carbonyl (C=O) groups is 1. The summed E-state index contributed by atoms with van der Waals surface area (Å²) in [6, 6.07) is 1.89. The highest BCUT2D eigenvalue weighted by atomic mass is 35.5. The molecule has 3 rings (SSSR count). The first-order valence-electron chi connectivity index (χ1n) is 9.06. The third-order valence-electron chi connectivity index (χ3n) is 4.15. The molecule has 0 saturated heterocycles. The van der Waals surface area contributed by atoms with Crippen molar-refractivity contribution in [3.8, 4) is 5.75 Å². The van der Waals surface area contributed by atoms with E-state index in [1.165, 1.54) is 0 Å². The molecule has 2 aliphatic rings. The van der Waals surface area contributed by atoms with Crippen LogP contribution in [0.4, 0.5) is 0 Å². The average Bonchev–Trinajstić information content (AvgIpc) is 3.01. The minimum atomic E-state index is -0.124. The molecule has 1 unspecified atom stereocenters. The Morgan fingerprint density at radius 2 is 2.08 bits per heavy atom. The molecular formula is C21H25Cl2O2P. The lowest BCUT2D eigenvalue weighted by atomic mass is 9.98. The fraction of sp³-hybridized carbons (Fsp3) is 0.381. The van der Waals surface area contributed by atoms with Gasteiger partial charge in [0.1, 0.15) is 10.8 Å². The van der Waals surface area contributed by atoms with Crippen molar-refractivity contribution < 1.29 is 9.53 Å². The van der Waals surface area contributed by atoms with Gasteiger partial charge in [0.05, 0.1) is 17.3 Å². The van der Waals surface area contributed by atoms with Crippen molar-refractivity contribution in [2.45, 2.75) is 45.2 Å². The highest BCUT2D eigenvalue weighted by Crippen LogP contribution is 2.45. The van der Waals surface area contributed by atoms with E-state index in [0.29, 0.717) is 36.5 Å². The Balaban J connectivity index is 0.00000117. The van der Waals surface area contributed by atoms with Crippen molar-refractivity contribution >= 4 is 42.9 Å². The Kier molecular flexibility index (Phi) is 8.41. The van der Waals surface area contributed by atoms with Crippen molar-refractivity contribution in [1.82, 2.24) is 0 Å². The summed E-state index contributed by atoms with van der Waals surface area (Å²) < 4.78 is 5.76. The first kappa shape index (κ1) is 21.2. The van der Waals surface area contributed by atoms with E-state index in [-0.39, 0.29) is 11.4 Å². The molecule has 2 nitrogen and oxygen atoms in total. The number of ether oxygens (including phenoxy) is 1. The number of benzene rings is 1. The number of hydrogen-bond donors (Lipinski definition) is 0. The van der Waals surface area contributed by atoms with Crippen molar-refractivity contribution in [1.29, 1.82) is 0 Å². The topological polar surface area (TPSA) is 26.3 Å². The number of allylic oxidation sites excluding steroid dienone is 5. The van der Waals surface area contributed by atoms with Crippen LogP contribution in [0.25, 0.3) is 0 Å². The lowest BCUT2D eigenvalue weighted by Gasteiger charge is -2.12.